The van der Waals surface area contributed by atoms with Crippen molar-refractivity contribution >= 4 is 5.97 Å². The minimum atomic E-state index is -0.0449. The summed E-state index contributed by atoms with van der Waals surface area (Å²) in [6.45, 7) is 2.03. The maximum absolute atomic E-state index is 11.6. The summed E-state index contributed by atoms with van der Waals surface area (Å²) in [7, 11) is 0. The largest absolute Gasteiger partial charge is 0.459 e. The quantitative estimate of drug-likeness (QED) is 0.570. The lowest BCUT2D eigenvalue weighted by atomic mass is 9.68. The van der Waals surface area contributed by atoms with Crippen molar-refractivity contribution in [1.29, 1.82) is 0 Å². The number of hydrogen-bond donors (Lipinski definition) is 0. The minimum absolute atomic E-state index is 0.0449. The molecule has 1 saturated heterocycles. The molecule has 3 aliphatic rings. The van der Waals surface area contributed by atoms with Crippen LogP contribution in [0.25, 0.3) is 0 Å². The fourth-order valence-electron chi connectivity index (χ4n) is 3.54. The van der Waals surface area contributed by atoms with Crippen LogP contribution in [-0.2, 0) is 9.53 Å². The summed E-state index contributed by atoms with van der Waals surface area (Å²) in [5.74, 6) is 1.85. The van der Waals surface area contributed by atoms with E-state index in [1.165, 1.54) is 32.1 Å². The average Bonchev–Trinajstić information content (AvgIpc) is 2.52. The van der Waals surface area contributed by atoms with E-state index in [1.54, 1.807) is 0 Å². The number of rotatable bonds is 0. The van der Waals surface area contributed by atoms with Gasteiger partial charge in [0.15, 0.2) is 0 Å². The van der Waals surface area contributed by atoms with Crippen LogP contribution in [0.2, 0.25) is 0 Å². The molecule has 0 N–H and O–H groups in total. The van der Waals surface area contributed by atoms with Gasteiger partial charge in [0.1, 0.15) is 6.10 Å². The van der Waals surface area contributed by atoms with E-state index in [1.807, 2.05) is 6.92 Å². The van der Waals surface area contributed by atoms with Gasteiger partial charge in [-0.2, -0.15) is 0 Å². The molecule has 4 atom stereocenters. The summed E-state index contributed by atoms with van der Waals surface area (Å²) in [6, 6.07) is 0. The van der Waals surface area contributed by atoms with Crippen molar-refractivity contribution in [3.8, 4) is 0 Å². The number of carbonyl (C=O) groups is 1. The first-order chi connectivity index (χ1) is 7.25. The Morgan fingerprint density at radius 3 is 3.00 bits per heavy atom. The number of esters is 1. The summed E-state index contributed by atoms with van der Waals surface area (Å²) in [5, 5.41) is 0. The molecule has 3 unspecified atom stereocenters. The first-order valence-electron chi connectivity index (χ1n) is 6.18. The van der Waals surface area contributed by atoms with Gasteiger partial charge in [-0.1, -0.05) is 18.9 Å². The van der Waals surface area contributed by atoms with Gasteiger partial charge in [0.05, 0.1) is 0 Å². The first-order valence-corrected chi connectivity index (χ1v) is 6.18. The Hall–Kier alpha value is -0.790. The molecule has 0 spiro atoms. The fraction of sp³-hybridized carbons (Fsp3) is 0.769. The molecule has 2 nitrogen and oxygen atoms in total. The molecular weight excluding hydrogens is 188 g/mol. The van der Waals surface area contributed by atoms with Gasteiger partial charge in [0.2, 0.25) is 0 Å². The Labute approximate surface area is 90.7 Å². The Kier molecular flexibility index (Phi) is 2.11. The summed E-state index contributed by atoms with van der Waals surface area (Å²) < 4.78 is 5.31. The van der Waals surface area contributed by atoms with Crippen LogP contribution in [-0.4, -0.2) is 12.1 Å². The fourth-order valence-corrected chi connectivity index (χ4v) is 3.54. The molecule has 15 heavy (non-hydrogen) atoms. The lowest BCUT2D eigenvalue weighted by Crippen LogP contribution is -2.28. The highest BCUT2D eigenvalue weighted by molar-refractivity contribution is 5.91. The molecule has 82 valence electrons. The molecule has 2 fully saturated rings. The summed E-state index contributed by atoms with van der Waals surface area (Å²) in [6.07, 6.45) is 8.88. The van der Waals surface area contributed by atoms with Crippen LogP contribution in [0.4, 0.5) is 0 Å². The molecule has 1 heterocycles. The average molecular weight is 206 g/mol. The van der Waals surface area contributed by atoms with Crippen molar-refractivity contribution in [2.45, 2.75) is 45.1 Å². The van der Waals surface area contributed by atoms with Gasteiger partial charge in [-0.15, -0.1) is 0 Å². The number of fused-ring (bicyclic) bond motifs is 2. The van der Waals surface area contributed by atoms with E-state index in [0.29, 0.717) is 11.8 Å². The Balaban J connectivity index is 1.90. The molecule has 2 heteroatoms. The normalized spacial score (nSPS) is 44.1. The van der Waals surface area contributed by atoms with E-state index >= 15 is 0 Å². The number of carbonyl (C=O) groups excluding carboxylic acids is 1. The zero-order valence-corrected chi connectivity index (χ0v) is 9.24. The molecule has 1 aliphatic heterocycles. The summed E-state index contributed by atoms with van der Waals surface area (Å²) >= 11 is 0. The van der Waals surface area contributed by atoms with Crippen LogP contribution < -0.4 is 0 Å². The van der Waals surface area contributed by atoms with Gasteiger partial charge >= 0.3 is 5.97 Å². The molecule has 0 bridgehead atoms. The van der Waals surface area contributed by atoms with Gasteiger partial charge in [0, 0.05) is 11.5 Å². The number of cyclic esters (lactones) is 1. The number of hydrogen-bond acceptors (Lipinski definition) is 2. The van der Waals surface area contributed by atoms with E-state index in [4.69, 9.17) is 4.74 Å². The maximum atomic E-state index is 11.6. The lowest BCUT2D eigenvalue weighted by Gasteiger charge is -2.35. The van der Waals surface area contributed by atoms with Gasteiger partial charge in [-0.05, 0) is 38.0 Å². The van der Waals surface area contributed by atoms with Crippen LogP contribution in [0, 0.1) is 17.8 Å². The number of allylic oxidation sites excluding steroid dienone is 1. The van der Waals surface area contributed by atoms with Crippen molar-refractivity contribution in [2.75, 3.05) is 0 Å². The number of ether oxygens (including phenoxy) is 1. The molecule has 0 radical (unpaired) electrons. The van der Waals surface area contributed by atoms with E-state index in [9.17, 15) is 4.79 Å². The highest BCUT2D eigenvalue weighted by Crippen LogP contribution is 2.45. The Morgan fingerprint density at radius 1 is 1.33 bits per heavy atom. The molecular formula is C13H18O2. The predicted octanol–water partition coefficient (Wildman–Crippen LogP) is 2.68. The van der Waals surface area contributed by atoms with Gasteiger partial charge < -0.3 is 4.74 Å². The van der Waals surface area contributed by atoms with Crippen molar-refractivity contribution in [1.82, 2.24) is 0 Å². The zero-order chi connectivity index (χ0) is 10.4. The second-order valence-corrected chi connectivity index (χ2v) is 5.28. The van der Waals surface area contributed by atoms with Gasteiger partial charge in [0.25, 0.3) is 0 Å². The van der Waals surface area contributed by atoms with E-state index in [2.05, 4.69) is 6.08 Å². The monoisotopic (exact) mass is 206 g/mol. The molecule has 2 aliphatic carbocycles. The van der Waals surface area contributed by atoms with E-state index in [0.717, 1.165) is 11.5 Å². The third kappa shape index (κ3) is 1.42. The van der Waals surface area contributed by atoms with Crippen molar-refractivity contribution < 1.29 is 9.53 Å². The third-order valence-corrected chi connectivity index (χ3v) is 4.41. The third-order valence-electron chi connectivity index (χ3n) is 4.41. The van der Waals surface area contributed by atoms with Crippen molar-refractivity contribution in [3.05, 3.63) is 11.6 Å². The topological polar surface area (TPSA) is 26.3 Å². The van der Waals surface area contributed by atoms with Crippen LogP contribution >= 0.6 is 0 Å². The molecule has 0 aromatic rings. The SMILES string of the molecule is C[C@@H]1OC(=O)C2=CC3CCCCC3CC21. The van der Waals surface area contributed by atoms with Crippen molar-refractivity contribution in [3.63, 3.8) is 0 Å². The van der Waals surface area contributed by atoms with Crippen LogP contribution in [0.3, 0.4) is 0 Å². The summed E-state index contributed by atoms with van der Waals surface area (Å²) in [5.41, 5.74) is 0.991. The van der Waals surface area contributed by atoms with E-state index in [-0.39, 0.29) is 12.1 Å². The van der Waals surface area contributed by atoms with Crippen LogP contribution in [0.15, 0.2) is 11.6 Å². The molecule has 3 rings (SSSR count). The predicted molar refractivity (Wildman–Crippen MR) is 57.2 cm³/mol. The second kappa shape index (κ2) is 3.36. The lowest BCUT2D eigenvalue weighted by molar-refractivity contribution is -0.138. The standard InChI is InChI=1S/C13H18O2/c1-8-11-6-9-4-2-3-5-10(9)7-12(11)13(14)15-8/h7-11H,2-6H2,1H3/t8-,9?,10?,11?/m0/s1. The summed E-state index contributed by atoms with van der Waals surface area (Å²) in [4.78, 5) is 11.6. The molecule has 1 saturated carbocycles. The smallest absolute Gasteiger partial charge is 0.334 e. The van der Waals surface area contributed by atoms with Crippen LogP contribution in [0.5, 0.6) is 0 Å². The maximum Gasteiger partial charge on any atom is 0.334 e. The first kappa shape index (κ1) is 9.44. The highest BCUT2D eigenvalue weighted by Gasteiger charge is 2.43. The zero-order valence-electron chi connectivity index (χ0n) is 9.24. The van der Waals surface area contributed by atoms with Crippen LogP contribution in [0.1, 0.15) is 39.0 Å². The molecule has 0 amide bonds. The van der Waals surface area contributed by atoms with Crippen molar-refractivity contribution in [2.24, 2.45) is 17.8 Å². The van der Waals surface area contributed by atoms with Gasteiger partial charge in [-0.3, -0.25) is 0 Å². The highest BCUT2D eigenvalue weighted by atomic mass is 16.5. The minimum Gasteiger partial charge on any atom is -0.459 e. The molecule has 0 aromatic carbocycles. The Bertz CT molecular complexity index is 318. The molecule has 0 aromatic heterocycles. The second-order valence-electron chi connectivity index (χ2n) is 5.28. The van der Waals surface area contributed by atoms with E-state index < -0.39 is 0 Å². The van der Waals surface area contributed by atoms with Gasteiger partial charge in [-0.25, -0.2) is 4.79 Å². The Morgan fingerprint density at radius 2 is 2.13 bits per heavy atom.